The smallest absolute Gasteiger partial charge is 0.256 e. The summed E-state index contributed by atoms with van der Waals surface area (Å²) in [7, 11) is 0. The Kier molecular flexibility index (Phi) is 7.24. The third-order valence-corrected chi connectivity index (χ3v) is 6.25. The zero-order valence-corrected chi connectivity index (χ0v) is 19.0. The Morgan fingerprint density at radius 2 is 1.85 bits per heavy atom. The second-order valence-corrected chi connectivity index (χ2v) is 8.66. The van der Waals surface area contributed by atoms with Gasteiger partial charge in [0, 0.05) is 52.0 Å². The van der Waals surface area contributed by atoms with E-state index >= 15 is 0 Å². The number of amides is 2. The maximum Gasteiger partial charge on any atom is 0.256 e. The Hall–Kier alpha value is -2.98. The van der Waals surface area contributed by atoms with Crippen LogP contribution in [0.15, 0.2) is 24.4 Å². The summed E-state index contributed by atoms with van der Waals surface area (Å²) < 4.78 is 13.3. The molecule has 0 atom stereocenters. The summed E-state index contributed by atoms with van der Waals surface area (Å²) >= 11 is 5.77. The van der Waals surface area contributed by atoms with Gasteiger partial charge in [0.05, 0.1) is 17.1 Å². The molecule has 0 spiro atoms. The van der Waals surface area contributed by atoms with E-state index in [2.05, 4.69) is 20.2 Å². The molecule has 2 amide bonds. The Morgan fingerprint density at radius 3 is 2.52 bits per heavy atom. The lowest BCUT2D eigenvalue weighted by Crippen LogP contribution is -2.50. The SMILES string of the molecule is Nc1nc(N2CCN(CC(=O)N3CCCC3)CC2)ncc1C(=O)NCc1ccc(F)c(Cl)c1. The van der Waals surface area contributed by atoms with Crippen LogP contribution in [0.5, 0.6) is 0 Å². The van der Waals surface area contributed by atoms with E-state index in [0.29, 0.717) is 31.1 Å². The maximum atomic E-state index is 13.3. The number of halogens is 2. The van der Waals surface area contributed by atoms with Crippen molar-refractivity contribution < 1.29 is 14.0 Å². The first-order valence-electron chi connectivity index (χ1n) is 11.0. The summed E-state index contributed by atoms with van der Waals surface area (Å²) in [4.78, 5) is 39.6. The largest absolute Gasteiger partial charge is 0.383 e. The van der Waals surface area contributed by atoms with Crippen molar-refractivity contribution in [2.24, 2.45) is 0 Å². The predicted molar refractivity (Wildman–Crippen MR) is 123 cm³/mol. The third-order valence-electron chi connectivity index (χ3n) is 5.96. The van der Waals surface area contributed by atoms with Gasteiger partial charge in [-0.05, 0) is 30.5 Å². The molecule has 2 fully saturated rings. The summed E-state index contributed by atoms with van der Waals surface area (Å²) in [5.74, 6) is -0.204. The number of nitrogens with zero attached hydrogens (tertiary/aromatic N) is 5. The van der Waals surface area contributed by atoms with E-state index in [1.54, 1.807) is 6.07 Å². The van der Waals surface area contributed by atoms with Crippen LogP contribution in [0.1, 0.15) is 28.8 Å². The molecule has 2 aliphatic heterocycles. The number of nitrogen functional groups attached to an aromatic ring is 1. The lowest BCUT2D eigenvalue weighted by atomic mass is 10.2. The molecule has 0 saturated carbocycles. The van der Waals surface area contributed by atoms with E-state index in [1.165, 1.54) is 18.3 Å². The maximum absolute atomic E-state index is 13.3. The number of likely N-dealkylation sites (tertiary alicyclic amines) is 1. The van der Waals surface area contributed by atoms with Gasteiger partial charge in [-0.15, -0.1) is 0 Å². The minimum absolute atomic E-state index is 0.00513. The van der Waals surface area contributed by atoms with Gasteiger partial charge < -0.3 is 20.9 Å². The molecule has 0 bridgehead atoms. The molecule has 0 radical (unpaired) electrons. The van der Waals surface area contributed by atoms with Crippen LogP contribution in [0.25, 0.3) is 0 Å². The number of nitrogens with two attached hydrogens (primary N) is 1. The number of rotatable bonds is 6. The summed E-state index contributed by atoms with van der Waals surface area (Å²) in [6, 6.07) is 4.25. The number of aromatic nitrogens is 2. The van der Waals surface area contributed by atoms with Crippen LogP contribution in [0.4, 0.5) is 16.2 Å². The van der Waals surface area contributed by atoms with Crippen LogP contribution in [-0.2, 0) is 11.3 Å². The molecule has 1 aromatic heterocycles. The average Bonchev–Trinajstić information content (AvgIpc) is 3.35. The molecular weight excluding hydrogens is 449 g/mol. The molecule has 4 rings (SSSR count). The number of carbonyl (C=O) groups is 2. The number of hydrogen-bond donors (Lipinski definition) is 2. The van der Waals surface area contributed by atoms with Gasteiger partial charge in [-0.2, -0.15) is 4.98 Å². The van der Waals surface area contributed by atoms with Crippen LogP contribution in [0, 0.1) is 5.82 Å². The van der Waals surface area contributed by atoms with Gasteiger partial charge in [0.15, 0.2) is 0 Å². The van der Waals surface area contributed by atoms with Crippen molar-refractivity contribution in [1.82, 2.24) is 25.1 Å². The van der Waals surface area contributed by atoms with Crippen LogP contribution in [0.2, 0.25) is 5.02 Å². The standard InChI is InChI=1S/C22H27ClFN7O2/c23-17-11-15(3-4-18(17)24)12-26-21(33)16-13-27-22(28-20(16)25)31-9-7-29(8-10-31)14-19(32)30-5-1-2-6-30/h3-4,11,13H,1-2,5-10,12,14H2,(H,26,33)(H2,25,27,28). The lowest BCUT2D eigenvalue weighted by Gasteiger charge is -2.35. The first kappa shape index (κ1) is 23.2. The highest BCUT2D eigenvalue weighted by Crippen LogP contribution is 2.18. The van der Waals surface area contributed by atoms with E-state index < -0.39 is 11.7 Å². The second kappa shape index (κ2) is 10.3. The highest BCUT2D eigenvalue weighted by molar-refractivity contribution is 6.30. The fourth-order valence-electron chi connectivity index (χ4n) is 4.00. The predicted octanol–water partition coefficient (Wildman–Crippen LogP) is 1.53. The molecule has 11 heteroatoms. The molecular formula is C22H27ClFN7O2. The zero-order chi connectivity index (χ0) is 23.4. The Balaban J connectivity index is 1.29. The molecule has 2 aliphatic rings. The van der Waals surface area contributed by atoms with Crippen LogP contribution in [-0.4, -0.2) is 77.4 Å². The van der Waals surface area contributed by atoms with Gasteiger partial charge in [-0.3, -0.25) is 14.5 Å². The Labute approximate surface area is 196 Å². The van der Waals surface area contributed by atoms with Gasteiger partial charge in [0.1, 0.15) is 11.6 Å². The second-order valence-electron chi connectivity index (χ2n) is 8.25. The van der Waals surface area contributed by atoms with Gasteiger partial charge in [0.25, 0.3) is 5.91 Å². The molecule has 3 heterocycles. The van der Waals surface area contributed by atoms with E-state index in [0.717, 1.165) is 39.0 Å². The number of carbonyl (C=O) groups excluding carboxylic acids is 2. The summed E-state index contributed by atoms with van der Waals surface area (Å²) in [6.45, 7) is 5.13. The van der Waals surface area contributed by atoms with Gasteiger partial charge in [-0.25, -0.2) is 9.37 Å². The topological polar surface area (TPSA) is 108 Å². The first-order valence-corrected chi connectivity index (χ1v) is 11.4. The number of anilines is 2. The Bertz CT molecular complexity index is 1020. The monoisotopic (exact) mass is 475 g/mol. The van der Waals surface area contributed by atoms with E-state index in [-0.39, 0.29) is 28.9 Å². The van der Waals surface area contributed by atoms with Crippen molar-refractivity contribution >= 4 is 35.2 Å². The number of hydrogen-bond acceptors (Lipinski definition) is 7. The van der Waals surface area contributed by atoms with Crippen molar-refractivity contribution in [3.63, 3.8) is 0 Å². The van der Waals surface area contributed by atoms with E-state index in [1.807, 2.05) is 9.80 Å². The fourth-order valence-corrected chi connectivity index (χ4v) is 4.21. The number of nitrogens with one attached hydrogen (secondary N) is 1. The van der Waals surface area contributed by atoms with E-state index in [9.17, 15) is 14.0 Å². The lowest BCUT2D eigenvalue weighted by molar-refractivity contribution is -0.131. The molecule has 1 aromatic carbocycles. The highest BCUT2D eigenvalue weighted by atomic mass is 35.5. The molecule has 0 unspecified atom stereocenters. The molecule has 33 heavy (non-hydrogen) atoms. The average molecular weight is 476 g/mol. The Morgan fingerprint density at radius 1 is 1.12 bits per heavy atom. The molecule has 0 aliphatic carbocycles. The van der Waals surface area contributed by atoms with Crippen molar-refractivity contribution in [1.29, 1.82) is 0 Å². The minimum Gasteiger partial charge on any atom is -0.383 e. The normalized spacial score (nSPS) is 16.8. The van der Waals surface area contributed by atoms with E-state index in [4.69, 9.17) is 17.3 Å². The molecule has 3 N–H and O–H groups in total. The van der Waals surface area contributed by atoms with Crippen LogP contribution < -0.4 is 16.0 Å². The molecule has 176 valence electrons. The van der Waals surface area contributed by atoms with Crippen LogP contribution in [0.3, 0.4) is 0 Å². The summed E-state index contributed by atoms with van der Waals surface area (Å²) in [6.07, 6.45) is 3.59. The quantitative estimate of drug-likeness (QED) is 0.652. The van der Waals surface area contributed by atoms with Crippen molar-refractivity contribution in [2.75, 3.05) is 56.4 Å². The summed E-state index contributed by atoms with van der Waals surface area (Å²) in [5, 5.41) is 2.71. The third kappa shape index (κ3) is 5.69. The first-order chi connectivity index (χ1) is 15.9. The van der Waals surface area contributed by atoms with Gasteiger partial charge in [-0.1, -0.05) is 17.7 Å². The van der Waals surface area contributed by atoms with Crippen molar-refractivity contribution in [3.8, 4) is 0 Å². The zero-order valence-electron chi connectivity index (χ0n) is 18.3. The molecule has 2 saturated heterocycles. The van der Waals surface area contributed by atoms with Crippen LogP contribution >= 0.6 is 11.6 Å². The van der Waals surface area contributed by atoms with Crippen molar-refractivity contribution in [3.05, 3.63) is 46.4 Å². The number of benzene rings is 1. The highest BCUT2D eigenvalue weighted by Gasteiger charge is 2.25. The number of piperazine rings is 1. The molecule has 2 aromatic rings. The summed E-state index contributed by atoms with van der Waals surface area (Å²) in [5.41, 5.74) is 6.86. The fraction of sp³-hybridized carbons (Fsp3) is 0.455. The van der Waals surface area contributed by atoms with Gasteiger partial charge in [0.2, 0.25) is 11.9 Å². The van der Waals surface area contributed by atoms with Crippen molar-refractivity contribution in [2.45, 2.75) is 19.4 Å². The molecule has 9 nitrogen and oxygen atoms in total. The van der Waals surface area contributed by atoms with Gasteiger partial charge >= 0.3 is 0 Å². The minimum atomic E-state index is -0.515.